The highest BCUT2D eigenvalue weighted by molar-refractivity contribution is 5.86. The Kier molecular flexibility index (Phi) is 1.48. The van der Waals surface area contributed by atoms with Crippen LogP contribution in [0, 0.1) is 6.92 Å². The molecule has 0 fully saturated rings. The van der Waals surface area contributed by atoms with Crippen LogP contribution in [0.2, 0.25) is 0 Å². The van der Waals surface area contributed by atoms with Crippen LogP contribution in [0.4, 0.5) is 0 Å². The van der Waals surface area contributed by atoms with Crippen molar-refractivity contribution < 1.29 is 9.90 Å². The summed E-state index contributed by atoms with van der Waals surface area (Å²) in [5.41, 5.74) is 0.679. The first-order valence-corrected chi connectivity index (χ1v) is 3.59. The van der Waals surface area contributed by atoms with Gasteiger partial charge in [0.05, 0.1) is 0 Å². The van der Waals surface area contributed by atoms with Gasteiger partial charge in [-0.15, -0.1) is 0 Å². The molecule has 0 unspecified atom stereocenters. The van der Waals surface area contributed by atoms with Crippen LogP contribution in [-0.2, 0) is 0 Å². The molecule has 2 aromatic heterocycles. The maximum atomic E-state index is 10.7. The zero-order chi connectivity index (χ0) is 9.42. The number of aromatic nitrogens is 4. The standard InChI is InChI=1S/C7H6N4O2/c1-4-2-5(6(12)13)11-7(10-4)8-3-9-11/h2-3H,1H3,(H,12,13). The van der Waals surface area contributed by atoms with Crippen molar-refractivity contribution in [3.63, 3.8) is 0 Å². The molecule has 6 nitrogen and oxygen atoms in total. The van der Waals surface area contributed by atoms with E-state index in [0.29, 0.717) is 11.5 Å². The first kappa shape index (κ1) is 7.66. The lowest BCUT2D eigenvalue weighted by Gasteiger charge is -1.98. The molecule has 2 heterocycles. The molecule has 0 aliphatic carbocycles. The van der Waals surface area contributed by atoms with Gasteiger partial charge in [0.1, 0.15) is 6.33 Å². The first-order valence-electron chi connectivity index (χ1n) is 3.59. The number of aryl methyl sites for hydroxylation is 1. The highest BCUT2D eigenvalue weighted by atomic mass is 16.4. The summed E-state index contributed by atoms with van der Waals surface area (Å²) in [6.45, 7) is 1.71. The zero-order valence-electron chi connectivity index (χ0n) is 6.80. The number of aromatic carboxylic acids is 1. The highest BCUT2D eigenvalue weighted by Gasteiger charge is 2.11. The average Bonchev–Trinajstić information content (AvgIpc) is 2.49. The molecule has 0 radical (unpaired) electrons. The molecule has 0 spiro atoms. The molecule has 0 amide bonds. The Labute approximate surface area is 72.9 Å². The van der Waals surface area contributed by atoms with Crippen molar-refractivity contribution in [3.8, 4) is 0 Å². The van der Waals surface area contributed by atoms with E-state index in [9.17, 15) is 4.79 Å². The Balaban J connectivity index is 2.84. The van der Waals surface area contributed by atoms with Gasteiger partial charge in [0.25, 0.3) is 5.78 Å². The molecular weight excluding hydrogens is 172 g/mol. The summed E-state index contributed by atoms with van der Waals surface area (Å²) >= 11 is 0. The number of rotatable bonds is 1. The van der Waals surface area contributed by atoms with E-state index in [1.54, 1.807) is 6.92 Å². The minimum atomic E-state index is -1.04. The molecule has 6 heteroatoms. The van der Waals surface area contributed by atoms with Gasteiger partial charge < -0.3 is 5.11 Å². The number of hydrogen-bond donors (Lipinski definition) is 1. The monoisotopic (exact) mass is 178 g/mol. The zero-order valence-corrected chi connectivity index (χ0v) is 6.80. The third kappa shape index (κ3) is 1.12. The van der Waals surface area contributed by atoms with E-state index in [1.807, 2.05) is 0 Å². The predicted molar refractivity (Wildman–Crippen MR) is 42.5 cm³/mol. The molecule has 0 bridgehead atoms. The van der Waals surface area contributed by atoms with E-state index in [-0.39, 0.29) is 5.69 Å². The van der Waals surface area contributed by atoms with Gasteiger partial charge in [0, 0.05) is 5.69 Å². The molecule has 0 saturated carbocycles. The van der Waals surface area contributed by atoms with E-state index in [2.05, 4.69) is 15.1 Å². The number of carboxylic acids is 1. The SMILES string of the molecule is Cc1cc(C(=O)O)n2ncnc2n1. The van der Waals surface area contributed by atoms with Crippen LogP contribution < -0.4 is 0 Å². The van der Waals surface area contributed by atoms with Crippen LogP contribution in [0.3, 0.4) is 0 Å². The maximum Gasteiger partial charge on any atom is 0.354 e. The molecule has 0 saturated heterocycles. The van der Waals surface area contributed by atoms with Crippen molar-refractivity contribution in [1.82, 2.24) is 19.6 Å². The van der Waals surface area contributed by atoms with Crippen LogP contribution >= 0.6 is 0 Å². The third-order valence-corrected chi connectivity index (χ3v) is 1.60. The molecule has 0 atom stereocenters. The minimum absolute atomic E-state index is 0.0694. The Bertz CT molecular complexity index is 476. The second-order valence-corrected chi connectivity index (χ2v) is 2.56. The Hall–Kier alpha value is -1.98. The Morgan fingerprint density at radius 1 is 1.62 bits per heavy atom. The number of nitrogens with zero attached hydrogens (tertiary/aromatic N) is 4. The Morgan fingerprint density at radius 3 is 3.08 bits per heavy atom. The predicted octanol–water partition coefficient (Wildman–Crippen LogP) is 0.131. The van der Waals surface area contributed by atoms with Gasteiger partial charge in [-0.1, -0.05) is 0 Å². The molecular formula is C7H6N4O2. The summed E-state index contributed by atoms with van der Waals surface area (Å²) in [6.07, 6.45) is 1.27. The van der Waals surface area contributed by atoms with E-state index < -0.39 is 5.97 Å². The quantitative estimate of drug-likeness (QED) is 0.671. The van der Waals surface area contributed by atoms with Crippen molar-refractivity contribution in [3.05, 3.63) is 23.8 Å². The molecule has 1 N–H and O–H groups in total. The number of carboxylic acid groups (broad SMARTS) is 1. The summed E-state index contributed by atoms with van der Waals surface area (Å²) in [6, 6.07) is 1.45. The first-order chi connectivity index (χ1) is 6.18. The van der Waals surface area contributed by atoms with Gasteiger partial charge in [0.2, 0.25) is 0 Å². The lowest BCUT2D eigenvalue weighted by molar-refractivity contribution is 0.0687. The van der Waals surface area contributed by atoms with Crippen LogP contribution in [0.1, 0.15) is 16.2 Å². The molecule has 0 aliphatic heterocycles. The largest absolute Gasteiger partial charge is 0.477 e. The van der Waals surface area contributed by atoms with Gasteiger partial charge in [-0.25, -0.2) is 9.78 Å². The van der Waals surface area contributed by atoms with Gasteiger partial charge in [-0.3, -0.25) is 0 Å². The van der Waals surface area contributed by atoms with Crippen molar-refractivity contribution >= 4 is 11.7 Å². The van der Waals surface area contributed by atoms with Crippen LogP contribution in [0.5, 0.6) is 0 Å². The minimum Gasteiger partial charge on any atom is -0.477 e. The van der Waals surface area contributed by atoms with E-state index in [0.717, 1.165) is 0 Å². The Morgan fingerprint density at radius 2 is 2.38 bits per heavy atom. The second-order valence-electron chi connectivity index (χ2n) is 2.56. The van der Waals surface area contributed by atoms with Gasteiger partial charge >= 0.3 is 5.97 Å². The lowest BCUT2D eigenvalue weighted by atomic mass is 10.3. The fourth-order valence-corrected chi connectivity index (χ4v) is 1.08. The van der Waals surface area contributed by atoms with Crippen LogP contribution in [-0.4, -0.2) is 30.7 Å². The van der Waals surface area contributed by atoms with Crippen molar-refractivity contribution in [1.29, 1.82) is 0 Å². The molecule has 66 valence electrons. The van der Waals surface area contributed by atoms with E-state index in [1.165, 1.54) is 16.9 Å². The number of fused-ring (bicyclic) bond motifs is 1. The van der Waals surface area contributed by atoms with Gasteiger partial charge in [-0.05, 0) is 13.0 Å². The molecule has 0 aromatic carbocycles. The maximum absolute atomic E-state index is 10.7. The fraction of sp³-hybridized carbons (Fsp3) is 0.143. The van der Waals surface area contributed by atoms with Gasteiger partial charge in [0.15, 0.2) is 5.69 Å². The molecule has 2 aromatic rings. The molecule has 13 heavy (non-hydrogen) atoms. The summed E-state index contributed by atoms with van der Waals surface area (Å²) in [5.74, 6) is -0.738. The lowest BCUT2D eigenvalue weighted by Crippen LogP contribution is -2.08. The van der Waals surface area contributed by atoms with Crippen LogP contribution in [0.25, 0.3) is 5.78 Å². The van der Waals surface area contributed by atoms with Crippen molar-refractivity contribution in [2.75, 3.05) is 0 Å². The molecule has 0 aliphatic rings. The molecule has 2 rings (SSSR count). The van der Waals surface area contributed by atoms with Crippen LogP contribution in [0.15, 0.2) is 12.4 Å². The van der Waals surface area contributed by atoms with Crippen molar-refractivity contribution in [2.24, 2.45) is 0 Å². The fourth-order valence-electron chi connectivity index (χ4n) is 1.08. The smallest absolute Gasteiger partial charge is 0.354 e. The number of hydrogen-bond acceptors (Lipinski definition) is 4. The second kappa shape index (κ2) is 2.51. The highest BCUT2D eigenvalue weighted by Crippen LogP contribution is 2.03. The van der Waals surface area contributed by atoms with E-state index in [4.69, 9.17) is 5.11 Å². The average molecular weight is 178 g/mol. The number of carbonyl (C=O) groups is 1. The van der Waals surface area contributed by atoms with Crippen molar-refractivity contribution in [2.45, 2.75) is 6.92 Å². The normalized spacial score (nSPS) is 10.5. The summed E-state index contributed by atoms with van der Waals surface area (Å²) in [5, 5.41) is 12.6. The van der Waals surface area contributed by atoms with E-state index >= 15 is 0 Å². The van der Waals surface area contributed by atoms with Gasteiger partial charge in [-0.2, -0.15) is 14.6 Å². The topological polar surface area (TPSA) is 80.4 Å². The summed E-state index contributed by atoms with van der Waals surface area (Å²) in [7, 11) is 0. The summed E-state index contributed by atoms with van der Waals surface area (Å²) < 4.78 is 1.19. The third-order valence-electron chi connectivity index (χ3n) is 1.60. The summed E-state index contributed by atoms with van der Waals surface area (Å²) in [4.78, 5) is 18.6.